The highest BCUT2D eigenvalue weighted by atomic mass is 16.4. The van der Waals surface area contributed by atoms with Crippen LogP contribution in [0.25, 0.3) is 0 Å². The molecule has 5 heteroatoms. The Morgan fingerprint density at radius 3 is 2.50 bits per heavy atom. The van der Waals surface area contributed by atoms with E-state index in [4.69, 9.17) is 5.11 Å². The summed E-state index contributed by atoms with van der Waals surface area (Å²) in [4.78, 5) is 27.0. The zero-order chi connectivity index (χ0) is 14.7. The monoisotopic (exact) mass is 270 g/mol. The Hall–Kier alpha value is -2.69. The number of carbonyl (C=O) groups excluding carboxylic acids is 1. The fourth-order valence-electron chi connectivity index (χ4n) is 1.90. The first-order valence-corrected chi connectivity index (χ1v) is 6.06. The second-order valence-corrected chi connectivity index (χ2v) is 4.46. The van der Waals surface area contributed by atoms with E-state index in [0.717, 1.165) is 5.56 Å². The fraction of sp³-hybridized carbons (Fsp3) is 0.133. The van der Waals surface area contributed by atoms with E-state index in [-0.39, 0.29) is 11.5 Å². The van der Waals surface area contributed by atoms with Gasteiger partial charge in [-0.05, 0) is 49.2 Å². The lowest BCUT2D eigenvalue weighted by Gasteiger charge is -2.08. The third-order valence-electron chi connectivity index (χ3n) is 2.94. The molecule has 0 unspecified atom stereocenters. The van der Waals surface area contributed by atoms with Gasteiger partial charge < -0.3 is 10.4 Å². The minimum absolute atomic E-state index is 0.219. The highest BCUT2D eigenvalue weighted by Gasteiger charge is 2.12. The van der Waals surface area contributed by atoms with Crippen LogP contribution in [-0.2, 0) is 0 Å². The third-order valence-corrected chi connectivity index (χ3v) is 2.94. The molecular formula is C15H14N2O3. The lowest BCUT2D eigenvalue weighted by molar-refractivity contribution is 0.0696. The van der Waals surface area contributed by atoms with Crippen molar-refractivity contribution in [3.05, 3.63) is 58.9 Å². The number of carboxylic acid groups (broad SMARTS) is 1. The smallest absolute Gasteiger partial charge is 0.335 e. The average molecular weight is 270 g/mol. The molecule has 0 bridgehead atoms. The molecule has 0 saturated carbocycles. The Bertz CT molecular complexity index is 681. The quantitative estimate of drug-likeness (QED) is 0.898. The number of benzene rings is 1. The van der Waals surface area contributed by atoms with E-state index in [9.17, 15) is 9.59 Å². The van der Waals surface area contributed by atoms with Crippen molar-refractivity contribution in [1.82, 2.24) is 4.98 Å². The second kappa shape index (κ2) is 5.52. The molecule has 0 fully saturated rings. The summed E-state index contributed by atoms with van der Waals surface area (Å²) in [5.41, 5.74) is 2.49. The van der Waals surface area contributed by atoms with Crippen molar-refractivity contribution in [2.24, 2.45) is 0 Å². The van der Waals surface area contributed by atoms with Crippen LogP contribution in [0.3, 0.4) is 0 Å². The number of aromatic nitrogens is 1. The molecule has 2 aromatic rings. The van der Waals surface area contributed by atoms with Crippen LogP contribution in [0.4, 0.5) is 5.69 Å². The van der Waals surface area contributed by atoms with Gasteiger partial charge in [-0.15, -0.1) is 0 Å². The number of nitrogens with zero attached hydrogens (tertiary/aromatic N) is 1. The Balaban J connectivity index is 2.23. The summed E-state index contributed by atoms with van der Waals surface area (Å²) < 4.78 is 0. The molecule has 0 aliphatic carbocycles. The van der Waals surface area contributed by atoms with E-state index in [1.165, 1.54) is 6.07 Å². The van der Waals surface area contributed by atoms with E-state index in [1.54, 1.807) is 44.3 Å². The van der Waals surface area contributed by atoms with E-state index < -0.39 is 5.97 Å². The van der Waals surface area contributed by atoms with E-state index >= 15 is 0 Å². The van der Waals surface area contributed by atoms with Crippen LogP contribution in [0.1, 0.15) is 32.0 Å². The zero-order valence-corrected chi connectivity index (χ0v) is 11.2. The molecule has 102 valence electrons. The van der Waals surface area contributed by atoms with Crippen molar-refractivity contribution in [3.8, 4) is 0 Å². The normalized spacial score (nSPS) is 10.1. The molecule has 20 heavy (non-hydrogen) atoms. The molecule has 0 atom stereocenters. The van der Waals surface area contributed by atoms with Crippen LogP contribution < -0.4 is 5.32 Å². The summed E-state index contributed by atoms with van der Waals surface area (Å²) in [6.45, 7) is 3.49. The molecule has 2 N–H and O–H groups in total. The van der Waals surface area contributed by atoms with Gasteiger partial charge in [0, 0.05) is 11.9 Å². The molecule has 0 radical (unpaired) electrons. The molecular weight excluding hydrogens is 256 g/mol. The number of amides is 1. The topological polar surface area (TPSA) is 79.3 Å². The number of aryl methyl sites for hydroxylation is 2. The molecule has 2 rings (SSSR count). The van der Waals surface area contributed by atoms with Crippen LogP contribution in [0.15, 0.2) is 36.5 Å². The molecule has 1 aromatic carbocycles. The van der Waals surface area contributed by atoms with Crippen LogP contribution in [0, 0.1) is 13.8 Å². The maximum Gasteiger partial charge on any atom is 0.335 e. The number of aromatic carboxylic acids is 1. The van der Waals surface area contributed by atoms with Gasteiger partial charge in [-0.1, -0.05) is 6.07 Å². The average Bonchev–Trinajstić information content (AvgIpc) is 2.38. The van der Waals surface area contributed by atoms with Gasteiger partial charge in [0.1, 0.15) is 5.69 Å². The van der Waals surface area contributed by atoms with E-state index in [2.05, 4.69) is 10.3 Å². The van der Waals surface area contributed by atoms with Crippen molar-refractivity contribution in [2.45, 2.75) is 13.8 Å². The summed E-state index contributed by atoms with van der Waals surface area (Å²) in [5, 5.41) is 11.7. The Kier molecular flexibility index (Phi) is 3.79. The second-order valence-electron chi connectivity index (χ2n) is 4.46. The Morgan fingerprint density at radius 2 is 1.90 bits per heavy atom. The molecule has 0 aliphatic heterocycles. The van der Waals surface area contributed by atoms with Crippen LogP contribution in [0.5, 0.6) is 0 Å². The molecule has 0 saturated heterocycles. The largest absolute Gasteiger partial charge is 0.478 e. The number of pyridine rings is 1. The number of carboxylic acids is 1. The molecule has 1 amide bonds. The highest BCUT2D eigenvalue weighted by molar-refractivity contribution is 6.04. The predicted molar refractivity (Wildman–Crippen MR) is 75.1 cm³/mol. The van der Waals surface area contributed by atoms with E-state index in [1.807, 2.05) is 0 Å². The van der Waals surface area contributed by atoms with Gasteiger partial charge in [0.2, 0.25) is 0 Å². The molecule has 1 heterocycles. The number of carbonyl (C=O) groups is 2. The SMILES string of the molecule is Cc1cc(NC(=O)c2ncccc2C)ccc1C(=O)O. The number of nitrogens with one attached hydrogen (secondary N) is 1. The van der Waals surface area contributed by atoms with E-state index in [0.29, 0.717) is 16.9 Å². The van der Waals surface area contributed by atoms with Crippen molar-refractivity contribution in [2.75, 3.05) is 5.32 Å². The maximum atomic E-state index is 12.1. The molecule has 1 aromatic heterocycles. The summed E-state index contributed by atoms with van der Waals surface area (Å²) in [6.07, 6.45) is 1.56. The Labute approximate surface area is 116 Å². The van der Waals surface area contributed by atoms with Gasteiger partial charge in [-0.2, -0.15) is 0 Å². The van der Waals surface area contributed by atoms with Crippen molar-refractivity contribution in [3.63, 3.8) is 0 Å². The van der Waals surface area contributed by atoms with Crippen LogP contribution in [-0.4, -0.2) is 22.0 Å². The fourth-order valence-corrected chi connectivity index (χ4v) is 1.90. The van der Waals surface area contributed by atoms with Crippen LogP contribution in [0.2, 0.25) is 0 Å². The molecule has 0 spiro atoms. The highest BCUT2D eigenvalue weighted by Crippen LogP contribution is 2.16. The Morgan fingerprint density at radius 1 is 1.15 bits per heavy atom. The first-order chi connectivity index (χ1) is 9.49. The summed E-state index contributed by atoms with van der Waals surface area (Å²) >= 11 is 0. The lowest BCUT2D eigenvalue weighted by atomic mass is 10.1. The molecule has 5 nitrogen and oxygen atoms in total. The zero-order valence-electron chi connectivity index (χ0n) is 11.2. The number of hydrogen-bond donors (Lipinski definition) is 2. The van der Waals surface area contributed by atoms with Gasteiger partial charge in [0.25, 0.3) is 5.91 Å². The van der Waals surface area contributed by atoms with Crippen LogP contribution >= 0.6 is 0 Å². The number of hydrogen-bond acceptors (Lipinski definition) is 3. The van der Waals surface area contributed by atoms with Gasteiger partial charge in [-0.3, -0.25) is 9.78 Å². The minimum atomic E-state index is -0.985. The third kappa shape index (κ3) is 2.83. The lowest BCUT2D eigenvalue weighted by Crippen LogP contribution is -2.15. The first kappa shape index (κ1) is 13.7. The van der Waals surface area contributed by atoms with Crippen molar-refractivity contribution in [1.29, 1.82) is 0 Å². The summed E-state index contributed by atoms with van der Waals surface area (Å²) in [5.74, 6) is -1.30. The summed E-state index contributed by atoms with van der Waals surface area (Å²) in [6, 6.07) is 8.23. The van der Waals surface area contributed by atoms with Gasteiger partial charge in [0.05, 0.1) is 5.56 Å². The van der Waals surface area contributed by atoms with Gasteiger partial charge in [0.15, 0.2) is 0 Å². The van der Waals surface area contributed by atoms with Gasteiger partial charge in [-0.25, -0.2) is 4.79 Å². The molecule has 0 aliphatic rings. The van der Waals surface area contributed by atoms with Crippen molar-refractivity contribution < 1.29 is 14.7 Å². The predicted octanol–water partition coefficient (Wildman–Crippen LogP) is 2.65. The van der Waals surface area contributed by atoms with Crippen molar-refractivity contribution >= 4 is 17.6 Å². The minimum Gasteiger partial charge on any atom is -0.478 e. The van der Waals surface area contributed by atoms with Gasteiger partial charge >= 0.3 is 5.97 Å². The first-order valence-electron chi connectivity index (χ1n) is 6.06. The number of rotatable bonds is 3. The maximum absolute atomic E-state index is 12.1. The standard InChI is InChI=1S/C15H14N2O3/c1-9-4-3-7-16-13(9)14(18)17-11-5-6-12(15(19)20)10(2)8-11/h3-8H,1-2H3,(H,17,18)(H,19,20). The number of anilines is 1. The summed E-state index contributed by atoms with van der Waals surface area (Å²) in [7, 11) is 0.